The van der Waals surface area contributed by atoms with Gasteiger partial charge < -0.3 is 0 Å². The Morgan fingerprint density at radius 1 is 1.00 bits per heavy atom. The van der Waals surface area contributed by atoms with Gasteiger partial charge in [0.25, 0.3) is 5.91 Å². The monoisotopic (exact) mass is 462 g/mol. The summed E-state index contributed by atoms with van der Waals surface area (Å²) in [5.74, 6) is -0.808. The third kappa shape index (κ3) is 4.94. The maximum Gasteiger partial charge on any atom is 0.272 e. The number of fused-ring (bicyclic) bond motifs is 1. The van der Waals surface area contributed by atoms with Gasteiger partial charge in [0.2, 0.25) is 10.0 Å². The van der Waals surface area contributed by atoms with Crippen LogP contribution >= 0.6 is 0 Å². The number of halogens is 1. The van der Waals surface area contributed by atoms with Crippen LogP contribution in [0.5, 0.6) is 0 Å². The van der Waals surface area contributed by atoms with Gasteiger partial charge in [0.1, 0.15) is 5.82 Å². The average Bonchev–Trinajstić information content (AvgIpc) is 2.81. The number of nitrogens with zero attached hydrogens (tertiary/aromatic N) is 2. The maximum atomic E-state index is 13.3. The van der Waals surface area contributed by atoms with Gasteiger partial charge in [0, 0.05) is 10.9 Å². The normalized spacial score (nSPS) is 12.0. The van der Waals surface area contributed by atoms with Crippen LogP contribution < -0.4 is 10.6 Å². The molecule has 0 saturated heterocycles. The van der Waals surface area contributed by atoms with Crippen molar-refractivity contribution in [3.8, 4) is 11.3 Å². The molecule has 0 aliphatic heterocycles. The van der Waals surface area contributed by atoms with E-state index in [9.17, 15) is 17.6 Å². The lowest BCUT2D eigenvalue weighted by Crippen LogP contribution is -2.20. The van der Waals surface area contributed by atoms with E-state index in [-0.39, 0.29) is 10.7 Å². The topological polar surface area (TPSA) is 115 Å². The molecule has 33 heavy (non-hydrogen) atoms. The zero-order valence-corrected chi connectivity index (χ0v) is 18.3. The van der Waals surface area contributed by atoms with Gasteiger partial charge in [-0.15, -0.1) is 0 Å². The third-order valence-corrected chi connectivity index (χ3v) is 5.96. The largest absolute Gasteiger partial charge is 0.272 e. The summed E-state index contributed by atoms with van der Waals surface area (Å²) in [4.78, 5) is 17.6. The second kappa shape index (κ2) is 8.89. The second-order valence-corrected chi connectivity index (χ2v) is 8.85. The van der Waals surface area contributed by atoms with E-state index in [4.69, 9.17) is 5.14 Å². The van der Waals surface area contributed by atoms with E-state index in [0.29, 0.717) is 39.0 Å². The molecule has 0 fully saturated rings. The van der Waals surface area contributed by atoms with Crippen LogP contribution in [-0.4, -0.2) is 25.0 Å². The summed E-state index contributed by atoms with van der Waals surface area (Å²) < 4.78 is 36.1. The highest BCUT2D eigenvalue weighted by atomic mass is 32.2. The number of para-hydroxylation sites is 1. The number of carbonyl (C=O) groups is 1. The molecule has 0 saturated carbocycles. The molecule has 0 unspecified atom stereocenters. The van der Waals surface area contributed by atoms with Crippen LogP contribution in [0.4, 0.5) is 4.39 Å². The predicted molar refractivity (Wildman–Crippen MR) is 125 cm³/mol. The molecule has 0 radical (unpaired) electrons. The minimum Gasteiger partial charge on any atom is -0.267 e. The summed E-state index contributed by atoms with van der Waals surface area (Å²) in [7, 11) is -3.79. The summed E-state index contributed by atoms with van der Waals surface area (Å²) in [6.45, 7) is 1.68. The Hall–Kier alpha value is -3.95. The number of hydrazone groups is 1. The van der Waals surface area contributed by atoms with Gasteiger partial charge in [-0.1, -0.05) is 30.3 Å². The fraction of sp³-hybridized carbons (Fsp3) is 0.0417. The van der Waals surface area contributed by atoms with E-state index in [2.05, 4.69) is 15.5 Å². The molecular weight excluding hydrogens is 443 g/mol. The van der Waals surface area contributed by atoms with Crippen LogP contribution in [-0.2, 0) is 10.0 Å². The Morgan fingerprint density at radius 2 is 1.67 bits per heavy atom. The number of carbonyl (C=O) groups excluding carboxylic acids is 1. The van der Waals surface area contributed by atoms with Crippen molar-refractivity contribution < 1.29 is 17.6 Å². The summed E-state index contributed by atoms with van der Waals surface area (Å²) in [6, 6.07) is 20.6. The minimum atomic E-state index is -3.79. The van der Waals surface area contributed by atoms with Crippen molar-refractivity contribution >= 4 is 32.5 Å². The highest BCUT2D eigenvalue weighted by Gasteiger charge is 2.14. The van der Waals surface area contributed by atoms with Crippen LogP contribution in [0.3, 0.4) is 0 Å². The van der Waals surface area contributed by atoms with Crippen LogP contribution in [0.1, 0.15) is 22.8 Å². The summed E-state index contributed by atoms with van der Waals surface area (Å²) in [5.41, 5.74) is 5.81. The molecular formula is C24H19FN4O3S. The molecule has 9 heteroatoms. The van der Waals surface area contributed by atoms with Crippen LogP contribution in [0.15, 0.2) is 88.9 Å². The predicted octanol–water partition coefficient (Wildman–Crippen LogP) is 3.84. The molecule has 166 valence electrons. The number of hydrogen-bond donors (Lipinski definition) is 2. The number of primary sulfonamides is 1. The first-order chi connectivity index (χ1) is 15.7. The first-order valence-corrected chi connectivity index (χ1v) is 11.4. The molecule has 1 aromatic heterocycles. The molecule has 0 spiro atoms. The number of nitrogens with two attached hydrogens (primary N) is 1. The molecule has 3 aromatic carbocycles. The zero-order chi connectivity index (χ0) is 23.6. The van der Waals surface area contributed by atoms with Crippen molar-refractivity contribution in [2.75, 3.05) is 0 Å². The minimum absolute atomic E-state index is 0.0142. The fourth-order valence-corrected chi connectivity index (χ4v) is 3.79. The van der Waals surface area contributed by atoms with Crippen molar-refractivity contribution in [1.29, 1.82) is 0 Å². The van der Waals surface area contributed by atoms with Gasteiger partial charge in [0.15, 0.2) is 0 Å². The Bertz CT molecular complexity index is 1480. The van der Waals surface area contributed by atoms with Gasteiger partial charge in [0.05, 0.1) is 27.4 Å². The van der Waals surface area contributed by atoms with Crippen molar-refractivity contribution in [3.05, 3.63) is 95.8 Å². The number of amides is 1. The molecule has 7 nitrogen and oxygen atoms in total. The quantitative estimate of drug-likeness (QED) is 0.346. The molecule has 0 bridgehead atoms. The maximum absolute atomic E-state index is 13.3. The van der Waals surface area contributed by atoms with Crippen molar-refractivity contribution in [2.45, 2.75) is 11.8 Å². The Labute approximate surface area is 189 Å². The molecule has 0 aliphatic carbocycles. The van der Waals surface area contributed by atoms with Gasteiger partial charge in [-0.05, 0) is 61.0 Å². The van der Waals surface area contributed by atoms with E-state index in [0.717, 1.165) is 0 Å². The SMILES string of the molecule is C/C(=N\NC(=O)c1cc(-c2ccc(F)cc2)nc2ccccc12)c1ccc(S(N)(=O)=O)cc1. The smallest absolute Gasteiger partial charge is 0.267 e. The number of sulfonamides is 1. The van der Waals surface area contributed by atoms with Crippen LogP contribution in [0.25, 0.3) is 22.2 Å². The van der Waals surface area contributed by atoms with Crippen LogP contribution in [0, 0.1) is 5.82 Å². The van der Waals surface area contributed by atoms with Gasteiger partial charge in [-0.2, -0.15) is 5.10 Å². The van der Waals surface area contributed by atoms with E-state index < -0.39 is 15.9 Å². The van der Waals surface area contributed by atoms with E-state index in [1.165, 1.54) is 24.3 Å². The molecule has 4 aromatic rings. The number of benzene rings is 3. The number of hydrogen-bond acceptors (Lipinski definition) is 5. The van der Waals surface area contributed by atoms with E-state index >= 15 is 0 Å². The molecule has 0 aliphatic rings. The lowest BCUT2D eigenvalue weighted by atomic mass is 10.0. The number of nitrogens with one attached hydrogen (secondary N) is 1. The highest BCUT2D eigenvalue weighted by molar-refractivity contribution is 7.89. The van der Waals surface area contributed by atoms with Crippen LogP contribution in [0.2, 0.25) is 0 Å². The molecule has 4 rings (SSSR count). The van der Waals surface area contributed by atoms with Crippen molar-refractivity contribution in [2.24, 2.45) is 10.2 Å². The lowest BCUT2D eigenvalue weighted by molar-refractivity contribution is 0.0956. The summed E-state index contributed by atoms with van der Waals surface area (Å²) in [6.07, 6.45) is 0. The summed E-state index contributed by atoms with van der Waals surface area (Å²) in [5, 5.41) is 9.91. The Morgan fingerprint density at radius 3 is 2.33 bits per heavy atom. The standard InChI is InChI=1S/C24H19FN4O3S/c1-15(16-8-12-19(13-9-16)33(26,31)32)28-29-24(30)21-14-23(17-6-10-18(25)11-7-17)27-22-5-3-2-4-20(21)22/h2-14H,1H3,(H,29,30)(H2,26,31,32)/b28-15+. The second-order valence-electron chi connectivity index (χ2n) is 7.29. The molecule has 1 amide bonds. The van der Waals surface area contributed by atoms with E-state index in [1.54, 1.807) is 55.5 Å². The number of rotatable bonds is 5. The zero-order valence-electron chi connectivity index (χ0n) is 17.5. The third-order valence-electron chi connectivity index (χ3n) is 5.03. The first-order valence-electron chi connectivity index (χ1n) is 9.86. The molecule has 1 heterocycles. The number of aromatic nitrogens is 1. The van der Waals surface area contributed by atoms with Gasteiger partial charge in [-0.25, -0.2) is 28.4 Å². The summed E-state index contributed by atoms with van der Waals surface area (Å²) >= 11 is 0. The highest BCUT2D eigenvalue weighted by Crippen LogP contribution is 2.25. The lowest BCUT2D eigenvalue weighted by Gasteiger charge is -2.10. The first kappa shape index (κ1) is 22.3. The van der Waals surface area contributed by atoms with Crippen molar-refractivity contribution in [3.63, 3.8) is 0 Å². The van der Waals surface area contributed by atoms with Gasteiger partial charge >= 0.3 is 0 Å². The average molecular weight is 463 g/mol. The molecule has 3 N–H and O–H groups in total. The van der Waals surface area contributed by atoms with Crippen molar-refractivity contribution in [1.82, 2.24) is 10.4 Å². The Kier molecular flexibility index (Phi) is 5.99. The number of pyridine rings is 1. The van der Waals surface area contributed by atoms with E-state index in [1.807, 2.05) is 6.07 Å². The molecule has 0 atom stereocenters. The fourth-order valence-electron chi connectivity index (χ4n) is 3.28. The Balaban J connectivity index is 1.65. The van der Waals surface area contributed by atoms with Gasteiger partial charge in [-0.3, -0.25) is 4.79 Å².